The highest BCUT2D eigenvalue weighted by Crippen LogP contribution is 2.16. The van der Waals surface area contributed by atoms with E-state index in [-0.39, 0.29) is 12.4 Å². The molecule has 0 amide bonds. The summed E-state index contributed by atoms with van der Waals surface area (Å²) in [7, 11) is 1.64. The highest BCUT2D eigenvalue weighted by molar-refractivity contribution is 5.28. The molecule has 2 rings (SSSR count). The Hall–Kier alpha value is -2.21. The minimum Gasteiger partial charge on any atom is -0.497 e. The lowest BCUT2D eigenvalue weighted by Gasteiger charge is -2.25. The van der Waals surface area contributed by atoms with Crippen molar-refractivity contribution in [3.63, 3.8) is 0 Å². The van der Waals surface area contributed by atoms with Crippen molar-refractivity contribution < 1.29 is 19.0 Å². The zero-order valence-corrected chi connectivity index (χ0v) is 15.1. The molecule has 2 aromatic carbocycles. The summed E-state index contributed by atoms with van der Waals surface area (Å²) in [6.07, 6.45) is 1.03. The van der Waals surface area contributed by atoms with Crippen LogP contribution < -0.4 is 4.74 Å². The van der Waals surface area contributed by atoms with Crippen LogP contribution in [0.2, 0.25) is 0 Å². The number of benzene rings is 2. The van der Waals surface area contributed by atoms with Gasteiger partial charge in [0.1, 0.15) is 11.6 Å². The Labute approximate surface area is 154 Å². The molecule has 1 atom stereocenters. The fourth-order valence-corrected chi connectivity index (χ4v) is 2.70. The molecule has 0 fully saturated rings. The van der Waals surface area contributed by atoms with Gasteiger partial charge in [0.15, 0.2) is 0 Å². The predicted molar refractivity (Wildman–Crippen MR) is 101 cm³/mol. The molecular formula is C21H26FNO3. The minimum absolute atomic E-state index is 0.240. The number of aliphatic hydroxyl groups is 1. The Morgan fingerprint density at radius 3 is 2.58 bits per heavy atom. The molecule has 0 aliphatic heterocycles. The summed E-state index contributed by atoms with van der Waals surface area (Å²) in [5.74, 6) is 0.532. The number of aliphatic hydroxyl groups excluding tert-OH is 1. The third-order valence-corrected chi connectivity index (χ3v) is 3.87. The lowest BCUT2D eigenvalue weighted by Crippen LogP contribution is -2.34. The molecule has 0 bridgehead atoms. The number of halogens is 1. The summed E-state index contributed by atoms with van der Waals surface area (Å²) in [5, 5.41) is 10.3. The second kappa shape index (κ2) is 10.7. The van der Waals surface area contributed by atoms with Gasteiger partial charge < -0.3 is 14.6 Å². The maximum absolute atomic E-state index is 13.1. The molecule has 1 N–H and O–H groups in total. The first-order valence-corrected chi connectivity index (χ1v) is 8.57. The van der Waals surface area contributed by atoms with Crippen molar-refractivity contribution in [1.29, 1.82) is 0 Å². The predicted octanol–water partition coefficient (Wildman–Crippen LogP) is 3.40. The van der Waals surface area contributed by atoms with Gasteiger partial charge in [0.05, 0.1) is 26.4 Å². The first kappa shape index (κ1) is 20.1. The van der Waals surface area contributed by atoms with E-state index in [0.29, 0.717) is 26.2 Å². The number of rotatable bonds is 11. The summed E-state index contributed by atoms with van der Waals surface area (Å²) in [5.41, 5.74) is 2.05. The summed E-state index contributed by atoms with van der Waals surface area (Å²) in [4.78, 5) is 2.10. The monoisotopic (exact) mass is 359 g/mol. The van der Waals surface area contributed by atoms with Crippen molar-refractivity contribution in [2.24, 2.45) is 0 Å². The van der Waals surface area contributed by atoms with Crippen LogP contribution in [0.3, 0.4) is 0 Å². The van der Waals surface area contributed by atoms with Gasteiger partial charge in [0, 0.05) is 19.6 Å². The zero-order valence-electron chi connectivity index (χ0n) is 15.1. The second-order valence-corrected chi connectivity index (χ2v) is 6.13. The number of hydrogen-bond donors (Lipinski definition) is 1. The van der Waals surface area contributed by atoms with E-state index < -0.39 is 6.10 Å². The van der Waals surface area contributed by atoms with Gasteiger partial charge in [0.2, 0.25) is 0 Å². The van der Waals surface area contributed by atoms with E-state index in [1.807, 2.05) is 24.3 Å². The van der Waals surface area contributed by atoms with Gasteiger partial charge in [-0.1, -0.05) is 30.3 Å². The van der Waals surface area contributed by atoms with E-state index in [1.54, 1.807) is 25.3 Å². The Kier molecular flexibility index (Phi) is 8.28. The largest absolute Gasteiger partial charge is 0.497 e. The molecule has 0 aliphatic carbocycles. The maximum Gasteiger partial charge on any atom is 0.123 e. The number of nitrogens with zero attached hydrogens (tertiary/aromatic N) is 1. The van der Waals surface area contributed by atoms with Crippen LogP contribution in [0.1, 0.15) is 11.1 Å². The van der Waals surface area contributed by atoms with Gasteiger partial charge in [0.25, 0.3) is 0 Å². The quantitative estimate of drug-likeness (QED) is 0.493. The van der Waals surface area contributed by atoms with Gasteiger partial charge in [-0.3, -0.25) is 4.90 Å². The van der Waals surface area contributed by atoms with Crippen molar-refractivity contribution in [1.82, 2.24) is 4.90 Å². The molecule has 2 aromatic rings. The molecule has 140 valence electrons. The summed E-state index contributed by atoms with van der Waals surface area (Å²) in [6, 6.07) is 14.2. The molecule has 0 spiro atoms. The third-order valence-electron chi connectivity index (χ3n) is 3.87. The molecule has 0 aliphatic rings. The van der Waals surface area contributed by atoms with E-state index in [0.717, 1.165) is 16.9 Å². The first-order valence-electron chi connectivity index (χ1n) is 8.57. The van der Waals surface area contributed by atoms with E-state index in [4.69, 9.17) is 9.47 Å². The van der Waals surface area contributed by atoms with Crippen molar-refractivity contribution in [2.75, 3.05) is 26.9 Å². The fraction of sp³-hybridized carbons (Fsp3) is 0.333. The molecule has 0 unspecified atom stereocenters. The van der Waals surface area contributed by atoms with Gasteiger partial charge >= 0.3 is 0 Å². The van der Waals surface area contributed by atoms with Gasteiger partial charge in [-0.25, -0.2) is 4.39 Å². The van der Waals surface area contributed by atoms with Crippen molar-refractivity contribution >= 4 is 0 Å². The van der Waals surface area contributed by atoms with Crippen LogP contribution in [0.15, 0.2) is 61.2 Å². The average molecular weight is 359 g/mol. The molecule has 0 heterocycles. The van der Waals surface area contributed by atoms with Crippen LogP contribution in [0.5, 0.6) is 5.75 Å². The molecule has 4 nitrogen and oxygen atoms in total. The van der Waals surface area contributed by atoms with Crippen molar-refractivity contribution in [3.8, 4) is 5.75 Å². The summed E-state index contributed by atoms with van der Waals surface area (Å²) >= 11 is 0. The van der Waals surface area contributed by atoms with Crippen LogP contribution in [0.25, 0.3) is 0 Å². The van der Waals surface area contributed by atoms with Crippen LogP contribution >= 0.6 is 0 Å². The summed E-state index contributed by atoms with van der Waals surface area (Å²) < 4.78 is 23.8. The molecule has 0 saturated carbocycles. The minimum atomic E-state index is -0.624. The molecule has 0 radical (unpaired) electrons. The average Bonchev–Trinajstić information content (AvgIpc) is 2.64. The van der Waals surface area contributed by atoms with E-state index in [2.05, 4.69) is 11.5 Å². The van der Waals surface area contributed by atoms with E-state index >= 15 is 0 Å². The van der Waals surface area contributed by atoms with Crippen molar-refractivity contribution in [3.05, 3.63) is 78.1 Å². The number of hydrogen-bond acceptors (Lipinski definition) is 4. The fourth-order valence-electron chi connectivity index (χ4n) is 2.70. The Morgan fingerprint density at radius 2 is 1.88 bits per heavy atom. The van der Waals surface area contributed by atoms with E-state index in [1.165, 1.54) is 12.1 Å². The van der Waals surface area contributed by atoms with Gasteiger partial charge in [-0.15, -0.1) is 6.58 Å². The van der Waals surface area contributed by atoms with Crippen LogP contribution in [0.4, 0.5) is 4.39 Å². The SMILES string of the molecule is C=CCOC[C@@H](O)CN(Cc1ccc(F)cc1)Cc1cccc(OC)c1. The van der Waals surface area contributed by atoms with Crippen molar-refractivity contribution in [2.45, 2.75) is 19.2 Å². The Morgan fingerprint density at radius 1 is 1.15 bits per heavy atom. The standard InChI is InChI=1S/C21H26FNO3/c1-3-11-26-16-20(24)15-23(13-17-7-9-19(22)10-8-17)14-18-5-4-6-21(12-18)25-2/h3-10,12,20,24H,1,11,13-16H2,2H3/t20-/m0/s1. The molecule has 26 heavy (non-hydrogen) atoms. The number of ether oxygens (including phenoxy) is 2. The zero-order chi connectivity index (χ0) is 18.8. The van der Waals surface area contributed by atoms with Crippen LogP contribution in [-0.2, 0) is 17.8 Å². The summed E-state index contributed by atoms with van der Waals surface area (Å²) in [6.45, 7) is 5.90. The van der Waals surface area contributed by atoms with E-state index in [9.17, 15) is 9.50 Å². The Balaban J connectivity index is 2.06. The van der Waals surface area contributed by atoms with Crippen LogP contribution in [-0.4, -0.2) is 43.0 Å². The lowest BCUT2D eigenvalue weighted by molar-refractivity contribution is 0.0228. The smallest absolute Gasteiger partial charge is 0.123 e. The number of methoxy groups -OCH3 is 1. The first-order chi connectivity index (χ1) is 12.6. The molecule has 0 aromatic heterocycles. The molecule has 5 heteroatoms. The highest BCUT2D eigenvalue weighted by Gasteiger charge is 2.14. The normalized spacial score (nSPS) is 12.2. The molecular weight excluding hydrogens is 333 g/mol. The van der Waals surface area contributed by atoms with Gasteiger partial charge in [-0.05, 0) is 35.4 Å². The maximum atomic E-state index is 13.1. The molecule has 0 saturated heterocycles. The second-order valence-electron chi connectivity index (χ2n) is 6.13. The lowest BCUT2D eigenvalue weighted by atomic mass is 10.1. The highest BCUT2D eigenvalue weighted by atomic mass is 19.1. The van der Waals surface area contributed by atoms with Crippen LogP contribution in [0, 0.1) is 5.82 Å². The third kappa shape index (κ3) is 6.96. The topological polar surface area (TPSA) is 41.9 Å². The van der Waals surface area contributed by atoms with Gasteiger partial charge in [-0.2, -0.15) is 0 Å². The Bertz CT molecular complexity index is 675.